The summed E-state index contributed by atoms with van der Waals surface area (Å²) in [5, 5.41) is 4.79. The molecule has 0 bridgehead atoms. The van der Waals surface area contributed by atoms with E-state index in [0.29, 0.717) is 0 Å². The van der Waals surface area contributed by atoms with Crippen LogP contribution in [0.4, 0.5) is 0 Å². The molecule has 0 atom stereocenters. The number of nitrogens with zero attached hydrogens (tertiary/aromatic N) is 1. The molecule has 0 aliphatic carbocycles. The molecule has 19 heavy (non-hydrogen) atoms. The Kier molecular flexibility index (Phi) is 6.24. The Labute approximate surface area is 113 Å². The van der Waals surface area contributed by atoms with Gasteiger partial charge in [-0.05, 0) is 37.1 Å². The lowest BCUT2D eigenvalue weighted by molar-refractivity contribution is 0.597. The van der Waals surface area contributed by atoms with Gasteiger partial charge in [-0.25, -0.2) is 13.6 Å². The van der Waals surface area contributed by atoms with E-state index < -0.39 is 10.0 Å². The third-order valence-electron chi connectivity index (χ3n) is 2.42. The number of pyridine rings is 1. The zero-order chi connectivity index (χ0) is 14.1. The van der Waals surface area contributed by atoms with Crippen LogP contribution in [-0.2, 0) is 16.4 Å². The maximum Gasteiger partial charge on any atom is 0.239 e. The van der Waals surface area contributed by atoms with Gasteiger partial charge in [-0.15, -0.1) is 0 Å². The molecule has 0 aromatic carbocycles. The Bertz CT molecular complexity index is 551. The Morgan fingerprint density at radius 3 is 2.53 bits per heavy atom. The normalized spacial score (nSPS) is 10.6. The molecule has 0 aliphatic rings. The van der Waals surface area contributed by atoms with Gasteiger partial charge in [0.05, 0.1) is 0 Å². The molecule has 0 unspecified atom stereocenters. The predicted molar refractivity (Wildman–Crippen MR) is 75.0 cm³/mol. The van der Waals surface area contributed by atoms with Crippen molar-refractivity contribution in [3.05, 3.63) is 48.5 Å². The summed E-state index contributed by atoms with van der Waals surface area (Å²) in [7, 11) is -3.57. The molecule has 2 aromatic rings. The van der Waals surface area contributed by atoms with Crippen molar-refractivity contribution in [3.8, 4) is 0 Å². The Hall–Kier alpha value is -1.66. The molecular formula is C13H19N3O2S. The topological polar surface area (TPSA) is 88.8 Å². The zero-order valence-electron chi connectivity index (χ0n) is 10.9. The smallest absolute Gasteiger partial charge is 0.239 e. The van der Waals surface area contributed by atoms with Gasteiger partial charge in [-0.3, -0.25) is 4.98 Å². The Morgan fingerprint density at radius 1 is 1.32 bits per heavy atom. The maximum atomic E-state index is 10.6. The minimum absolute atomic E-state index is 0.0370. The summed E-state index contributed by atoms with van der Waals surface area (Å²) in [5.74, 6) is 0. The van der Waals surface area contributed by atoms with Crippen molar-refractivity contribution >= 4 is 10.0 Å². The van der Waals surface area contributed by atoms with Crippen molar-refractivity contribution in [2.24, 2.45) is 5.14 Å². The number of primary sulfonamides is 1. The van der Waals surface area contributed by atoms with Crippen molar-refractivity contribution in [2.75, 3.05) is 0 Å². The van der Waals surface area contributed by atoms with Gasteiger partial charge in [-0.2, -0.15) is 0 Å². The number of aromatic nitrogens is 2. The van der Waals surface area contributed by atoms with E-state index in [1.807, 2.05) is 12.3 Å². The highest BCUT2D eigenvalue weighted by Crippen LogP contribution is 2.01. The van der Waals surface area contributed by atoms with Crippen molar-refractivity contribution in [1.29, 1.82) is 0 Å². The molecule has 0 saturated heterocycles. The number of hydrogen-bond acceptors (Lipinski definition) is 3. The number of aromatic amines is 1. The van der Waals surface area contributed by atoms with Crippen LogP contribution in [0.2, 0.25) is 0 Å². The average molecular weight is 281 g/mol. The van der Waals surface area contributed by atoms with Crippen molar-refractivity contribution in [1.82, 2.24) is 9.97 Å². The van der Waals surface area contributed by atoms with E-state index in [1.165, 1.54) is 49.5 Å². The van der Waals surface area contributed by atoms with Gasteiger partial charge in [0, 0.05) is 24.3 Å². The molecular weight excluding hydrogens is 262 g/mol. The highest BCUT2D eigenvalue weighted by Gasteiger charge is 2.04. The van der Waals surface area contributed by atoms with Crippen LogP contribution in [0.1, 0.15) is 25.5 Å². The van der Waals surface area contributed by atoms with Gasteiger partial charge in [0.15, 0.2) is 0 Å². The first-order chi connectivity index (χ1) is 9.04. The molecule has 0 saturated carbocycles. The first kappa shape index (κ1) is 15.4. The van der Waals surface area contributed by atoms with Crippen LogP contribution in [0.5, 0.6) is 0 Å². The van der Waals surface area contributed by atoms with Crippen LogP contribution in [0, 0.1) is 0 Å². The summed E-state index contributed by atoms with van der Waals surface area (Å²) < 4.78 is 21.1. The first-order valence-electron chi connectivity index (χ1n) is 6.09. The quantitative estimate of drug-likeness (QED) is 0.899. The molecule has 2 rings (SSSR count). The van der Waals surface area contributed by atoms with Crippen LogP contribution in [0.3, 0.4) is 0 Å². The van der Waals surface area contributed by atoms with Crippen LogP contribution in [0.15, 0.2) is 47.8 Å². The Morgan fingerprint density at radius 2 is 2.11 bits per heavy atom. The fraction of sp³-hybridized carbons (Fsp3) is 0.308. The van der Waals surface area contributed by atoms with Crippen LogP contribution >= 0.6 is 0 Å². The average Bonchev–Trinajstić information content (AvgIpc) is 2.90. The number of nitrogens with one attached hydrogen (secondary N) is 1. The monoisotopic (exact) mass is 281 g/mol. The standard InChI is InChI=1S/C8H13N.C5H6N2O2S/c1-2-3-5-8-6-4-7-9-8;6-10(8,9)5-2-1-3-7-4-5/h4,6-7,9H,2-3,5H2,1H3;1-4H,(H2,6,8,9). The second-order valence-corrected chi connectivity index (χ2v) is 5.59. The van der Waals surface area contributed by atoms with Crippen LogP contribution in [0.25, 0.3) is 0 Å². The summed E-state index contributed by atoms with van der Waals surface area (Å²) >= 11 is 0. The van der Waals surface area contributed by atoms with Crippen LogP contribution in [-0.4, -0.2) is 18.4 Å². The molecule has 2 heterocycles. The maximum absolute atomic E-state index is 10.6. The van der Waals surface area contributed by atoms with E-state index in [2.05, 4.69) is 23.0 Å². The third kappa shape index (κ3) is 6.17. The second kappa shape index (κ2) is 7.70. The summed E-state index contributed by atoms with van der Waals surface area (Å²) in [6.07, 6.45) is 8.43. The van der Waals surface area contributed by atoms with Crippen molar-refractivity contribution in [3.63, 3.8) is 0 Å². The molecule has 0 aliphatic heterocycles. The number of aryl methyl sites for hydroxylation is 1. The number of unbranched alkanes of at least 4 members (excludes halogenated alkanes) is 1. The fourth-order valence-corrected chi connectivity index (χ4v) is 1.88. The number of sulfonamides is 1. The molecule has 0 spiro atoms. The summed E-state index contributed by atoms with van der Waals surface area (Å²) in [5.41, 5.74) is 1.36. The molecule has 0 amide bonds. The third-order valence-corrected chi connectivity index (χ3v) is 3.32. The van der Waals surface area contributed by atoms with Gasteiger partial charge >= 0.3 is 0 Å². The molecule has 3 N–H and O–H groups in total. The lowest BCUT2D eigenvalue weighted by atomic mass is 10.2. The number of nitrogens with two attached hydrogens (primary N) is 1. The molecule has 5 nitrogen and oxygen atoms in total. The second-order valence-electron chi connectivity index (χ2n) is 4.03. The first-order valence-corrected chi connectivity index (χ1v) is 7.63. The minimum atomic E-state index is -3.57. The van der Waals surface area contributed by atoms with E-state index in [4.69, 9.17) is 5.14 Å². The lowest BCUT2D eigenvalue weighted by Crippen LogP contribution is -2.11. The van der Waals surface area contributed by atoms with Gasteiger partial charge in [0.2, 0.25) is 10.0 Å². The number of hydrogen-bond donors (Lipinski definition) is 2. The van der Waals surface area contributed by atoms with Crippen molar-refractivity contribution in [2.45, 2.75) is 31.1 Å². The van der Waals surface area contributed by atoms with Gasteiger partial charge < -0.3 is 4.98 Å². The summed E-state index contributed by atoms with van der Waals surface area (Å²) in [6, 6.07) is 7.09. The summed E-state index contributed by atoms with van der Waals surface area (Å²) in [4.78, 5) is 6.80. The summed E-state index contributed by atoms with van der Waals surface area (Å²) in [6.45, 7) is 2.21. The zero-order valence-corrected chi connectivity index (χ0v) is 11.7. The highest BCUT2D eigenvalue weighted by molar-refractivity contribution is 7.89. The molecule has 104 valence electrons. The number of H-pyrrole nitrogens is 1. The molecule has 2 aromatic heterocycles. The molecule has 6 heteroatoms. The van der Waals surface area contributed by atoms with E-state index >= 15 is 0 Å². The highest BCUT2D eigenvalue weighted by atomic mass is 32.2. The van der Waals surface area contributed by atoms with Gasteiger partial charge in [0.25, 0.3) is 0 Å². The van der Waals surface area contributed by atoms with E-state index in [-0.39, 0.29) is 4.90 Å². The van der Waals surface area contributed by atoms with Gasteiger partial charge in [-0.1, -0.05) is 13.3 Å². The minimum Gasteiger partial charge on any atom is -0.365 e. The van der Waals surface area contributed by atoms with Gasteiger partial charge in [0.1, 0.15) is 4.90 Å². The van der Waals surface area contributed by atoms with E-state index in [9.17, 15) is 8.42 Å². The molecule has 0 radical (unpaired) electrons. The van der Waals surface area contributed by atoms with Crippen molar-refractivity contribution < 1.29 is 8.42 Å². The van der Waals surface area contributed by atoms with Crippen LogP contribution < -0.4 is 5.14 Å². The largest absolute Gasteiger partial charge is 0.365 e. The predicted octanol–water partition coefficient (Wildman–Crippen LogP) is 2.09. The molecule has 0 fully saturated rings. The number of rotatable bonds is 4. The fourth-order valence-electron chi connectivity index (χ4n) is 1.41. The Balaban J connectivity index is 0.000000191. The van der Waals surface area contributed by atoms with E-state index in [1.54, 1.807) is 0 Å². The SMILES string of the molecule is CCCCc1ccc[nH]1.NS(=O)(=O)c1cccnc1. The lowest BCUT2D eigenvalue weighted by Gasteiger charge is -1.92. The van der Waals surface area contributed by atoms with E-state index in [0.717, 1.165) is 0 Å².